The van der Waals surface area contributed by atoms with Gasteiger partial charge in [0.25, 0.3) is 0 Å². The minimum absolute atomic E-state index is 0.193. The van der Waals surface area contributed by atoms with Gasteiger partial charge >= 0.3 is 0 Å². The molecular weight excluding hydrogens is 228 g/mol. The molecule has 1 heterocycles. The zero-order valence-corrected chi connectivity index (χ0v) is 10.3. The Bertz CT molecular complexity index is 500. The maximum atomic E-state index is 9.91. The first-order valence-electron chi connectivity index (χ1n) is 5.75. The summed E-state index contributed by atoms with van der Waals surface area (Å²) in [5, 5.41) is 13.2. The van der Waals surface area contributed by atoms with Gasteiger partial charge in [-0.3, -0.25) is 4.98 Å². The Morgan fingerprint density at radius 2 is 2.11 bits per heavy atom. The molecule has 0 fully saturated rings. The van der Waals surface area contributed by atoms with Gasteiger partial charge in [-0.1, -0.05) is 18.2 Å². The number of para-hydroxylation sites is 1. The highest BCUT2D eigenvalue weighted by atomic mass is 16.5. The van der Waals surface area contributed by atoms with Crippen LogP contribution >= 0.6 is 0 Å². The van der Waals surface area contributed by atoms with E-state index in [1.165, 1.54) is 0 Å². The summed E-state index contributed by atoms with van der Waals surface area (Å²) >= 11 is 0. The first kappa shape index (κ1) is 12.4. The third-order valence-corrected chi connectivity index (χ3v) is 2.67. The zero-order valence-electron chi connectivity index (χ0n) is 10.3. The lowest BCUT2D eigenvalue weighted by Crippen LogP contribution is -2.12. The molecule has 0 radical (unpaired) electrons. The van der Waals surface area contributed by atoms with Crippen LogP contribution in [0.5, 0.6) is 11.5 Å². The molecule has 2 N–H and O–H groups in total. The summed E-state index contributed by atoms with van der Waals surface area (Å²) in [6.07, 6.45) is 3.57. The Morgan fingerprint density at radius 3 is 2.83 bits per heavy atom. The highest BCUT2D eigenvalue weighted by molar-refractivity contribution is 5.45. The van der Waals surface area contributed by atoms with Gasteiger partial charge in [0.15, 0.2) is 11.5 Å². The van der Waals surface area contributed by atoms with E-state index in [4.69, 9.17) is 4.74 Å². The average Bonchev–Trinajstić information content (AvgIpc) is 2.42. The summed E-state index contributed by atoms with van der Waals surface area (Å²) in [4.78, 5) is 4.05. The zero-order chi connectivity index (χ0) is 12.8. The second-order valence-electron chi connectivity index (χ2n) is 3.93. The van der Waals surface area contributed by atoms with E-state index in [2.05, 4.69) is 10.3 Å². The summed E-state index contributed by atoms with van der Waals surface area (Å²) in [5.41, 5.74) is 1.93. The van der Waals surface area contributed by atoms with Crippen molar-refractivity contribution < 1.29 is 9.84 Å². The number of hydrogen-bond acceptors (Lipinski definition) is 4. The number of aromatic hydroxyl groups is 1. The van der Waals surface area contributed by atoms with Crippen molar-refractivity contribution in [1.29, 1.82) is 0 Å². The maximum Gasteiger partial charge on any atom is 0.162 e. The highest BCUT2D eigenvalue weighted by Crippen LogP contribution is 2.29. The van der Waals surface area contributed by atoms with Gasteiger partial charge in [0.05, 0.1) is 7.11 Å². The van der Waals surface area contributed by atoms with Gasteiger partial charge < -0.3 is 15.2 Å². The molecule has 94 valence electrons. The number of hydrogen-bond donors (Lipinski definition) is 2. The number of rotatable bonds is 5. The largest absolute Gasteiger partial charge is 0.504 e. The molecule has 0 aliphatic carbocycles. The fraction of sp³-hybridized carbons (Fsp3) is 0.214. The molecule has 0 saturated heterocycles. The van der Waals surface area contributed by atoms with E-state index >= 15 is 0 Å². The van der Waals surface area contributed by atoms with Crippen LogP contribution in [0.25, 0.3) is 0 Å². The number of methoxy groups -OCH3 is 1. The molecule has 0 amide bonds. The summed E-state index contributed by atoms with van der Waals surface area (Å²) < 4.78 is 5.06. The van der Waals surface area contributed by atoms with E-state index in [0.717, 1.165) is 11.1 Å². The van der Waals surface area contributed by atoms with Gasteiger partial charge in [0, 0.05) is 31.0 Å². The smallest absolute Gasteiger partial charge is 0.162 e. The Balaban J connectivity index is 1.95. The van der Waals surface area contributed by atoms with Crippen LogP contribution in [0, 0.1) is 0 Å². The molecule has 0 spiro atoms. The number of benzene rings is 1. The average molecular weight is 244 g/mol. The van der Waals surface area contributed by atoms with Gasteiger partial charge in [0.1, 0.15) is 0 Å². The first-order valence-corrected chi connectivity index (χ1v) is 5.75. The molecule has 1 aromatic carbocycles. The predicted octanol–water partition coefficient (Wildman–Crippen LogP) is 2.09. The Morgan fingerprint density at radius 1 is 1.22 bits per heavy atom. The minimum Gasteiger partial charge on any atom is -0.504 e. The summed E-state index contributed by atoms with van der Waals surface area (Å²) in [5.74, 6) is 0.689. The lowest BCUT2D eigenvalue weighted by molar-refractivity contribution is 0.369. The van der Waals surface area contributed by atoms with E-state index in [0.29, 0.717) is 18.8 Å². The van der Waals surface area contributed by atoms with Crippen LogP contribution < -0.4 is 10.1 Å². The third-order valence-electron chi connectivity index (χ3n) is 2.67. The predicted molar refractivity (Wildman–Crippen MR) is 69.4 cm³/mol. The van der Waals surface area contributed by atoms with Gasteiger partial charge in [0.2, 0.25) is 0 Å². The van der Waals surface area contributed by atoms with Gasteiger partial charge in [-0.2, -0.15) is 0 Å². The van der Waals surface area contributed by atoms with Crippen LogP contribution in [0.15, 0.2) is 42.7 Å². The van der Waals surface area contributed by atoms with Crippen LogP contribution in [-0.4, -0.2) is 17.2 Å². The van der Waals surface area contributed by atoms with E-state index in [-0.39, 0.29) is 5.75 Å². The van der Waals surface area contributed by atoms with Crippen molar-refractivity contribution in [2.24, 2.45) is 0 Å². The highest BCUT2D eigenvalue weighted by Gasteiger charge is 2.06. The minimum atomic E-state index is 0.193. The molecule has 2 rings (SSSR count). The van der Waals surface area contributed by atoms with Gasteiger partial charge in [-0.25, -0.2) is 0 Å². The molecule has 0 saturated carbocycles. The van der Waals surface area contributed by atoms with E-state index in [1.807, 2.05) is 30.5 Å². The van der Waals surface area contributed by atoms with E-state index in [9.17, 15) is 5.11 Å². The van der Waals surface area contributed by atoms with E-state index < -0.39 is 0 Å². The van der Waals surface area contributed by atoms with Crippen molar-refractivity contribution in [2.75, 3.05) is 7.11 Å². The molecule has 4 nitrogen and oxygen atoms in total. The number of pyridine rings is 1. The third kappa shape index (κ3) is 2.99. The molecule has 0 aliphatic rings. The Hall–Kier alpha value is -2.07. The van der Waals surface area contributed by atoms with E-state index in [1.54, 1.807) is 19.4 Å². The van der Waals surface area contributed by atoms with Crippen LogP contribution in [0.1, 0.15) is 11.1 Å². The fourth-order valence-corrected chi connectivity index (χ4v) is 1.72. The van der Waals surface area contributed by atoms with Gasteiger partial charge in [-0.05, 0) is 17.7 Å². The molecular formula is C14H16N2O2. The summed E-state index contributed by atoms with van der Waals surface area (Å²) in [6, 6.07) is 9.37. The monoisotopic (exact) mass is 244 g/mol. The molecule has 0 bridgehead atoms. The van der Waals surface area contributed by atoms with Crippen molar-refractivity contribution in [3.05, 3.63) is 53.9 Å². The molecule has 18 heavy (non-hydrogen) atoms. The maximum absolute atomic E-state index is 9.91. The quantitative estimate of drug-likeness (QED) is 0.845. The first-order chi connectivity index (χ1) is 8.81. The van der Waals surface area contributed by atoms with Crippen molar-refractivity contribution in [3.63, 3.8) is 0 Å². The number of nitrogens with one attached hydrogen (secondary N) is 1. The van der Waals surface area contributed by atoms with Crippen LogP contribution in [0.4, 0.5) is 0 Å². The SMILES string of the molecule is COc1cccc(CNCc2cccnc2)c1O. The molecule has 2 aromatic rings. The van der Waals surface area contributed by atoms with Crippen molar-refractivity contribution >= 4 is 0 Å². The van der Waals surface area contributed by atoms with Crippen LogP contribution in [0.3, 0.4) is 0 Å². The normalized spacial score (nSPS) is 10.3. The second kappa shape index (κ2) is 6.02. The fourth-order valence-electron chi connectivity index (χ4n) is 1.72. The second-order valence-corrected chi connectivity index (χ2v) is 3.93. The lowest BCUT2D eigenvalue weighted by atomic mass is 10.2. The number of nitrogens with zero attached hydrogens (tertiary/aromatic N) is 1. The van der Waals surface area contributed by atoms with Crippen molar-refractivity contribution in [2.45, 2.75) is 13.1 Å². The molecule has 0 atom stereocenters. The lowest BCUT2D eigenvalue weighted by Gasteiger charge is -2.09. The molecule has 0 aliphatic heterocycles. The number of phenols is 1. The van der Waals surface area contributed by atoms with Gasteiger partial charge in [-0.15, -0.1) is 0 Å². The van der Waals surface area contributed by atoms with Crippen LogP contribution in [0.2, 0.25) is 0 Å². The van der Waals surface area contributed by atoms with Crippen molar-refractivity contribution in [1.82, 2.24) is 10.3 Å². The number of aromatic nitrogens is 1. The van der Waals surface area contributed by atoms with Crippen LogP contribution in [-0.2, 0) is 13.1 Å². The Kier molecular flexibility index (Phi) is 4.15. The molecule has 0 unspecified atom stereocenters. The molecule has 1 aromatic heterocycles. The molecule has 4 heteroatoms. The standard InChI is InChI=1S/C14H16N2O2/c1-18-13-6-2-5-12(14(13)17)10-16-9-11-4-3-7-15-8-11/h2-8,16-17H,9-10H2,1H3. The van der Waals surface area contributed by atoms with Crippen molar-refractivity contribution in [3.8, 4) is 11.5 Å². The topological polar surface area (TPSA) is 54.4 Å². The Labute approximate surface area is 106 Å². The number of phenolic OH excluding ortho intramolecular Hbond substituents is 1. The summed E-state index contributed by atoms with van der Waals surface area (Å²) in [7, 11) is 1.54. The summed E-state index contributed by atoms with van der Waals surface area (Å²) in [6.45, 7) is 1.29. The number of ether oxygens (including phenoxy) is 1.